The van der Waals surface area contributed by atoms with Gasteiger partial charge in [-0.2, -0.15) is 0 Å². The van der Waals surface area contributed by atoms with E-state index in [1.54, 1.807) is 0 Å². The number of likely N-dealkylation sites (tertiary alicyclic amines) is 1. The van der Waals surface area contributed by atoms with E-state index in [1.807, 2.05) is 0 Å². The fraction of sp³-hybridized carbons (Fsp3) is 1.00. The van der Waals surface area contributed by atoms with Crippen molar-refractivity contribution in [3.8, 4) is 0 Å². The Labute approximate surface area is 118 Å². The summed E-state index contributed by atoms with van der Waals surface area (Å²) in [6.45, 7) is 8.34. The molecule has 2 heterocycles. The molecule has 0 spiro atoms. The quantitative estimate of drug-likeness (QED) is 0.747. The van der Waals surface area contributed by atoms with Crippen molar-refractivity contribution in [1.82, 2.24) is 10.2 Å². The summed E-state index contributed by atoms with van der Waals surface area (Å²) in [5, 5.41) is 3.69. The van der Waals surface area contributed by atoms with Crippen molar-refractivity contribution >= 4 is 0 Å². The molecule has 3 nitrogen and oxygen atoms in total. The van der Waals surface area contributed by atoms with Crippen LogP contribution in [-0.2, 0) is 4.74 Å². The number of nitrogens with zero attached hydrogens (tertiary/aromatic N) is 1. The lowest BCUT2D eigenvalue weighted by Crippen LogP contribution is -2.49. The third-order valence-electron chi connectivity index (χ3n) is 5.27. The maximum atomic E-state index is 5.97. The monoisotopic (exact) mass is 266 g/mol. The smallest absolute Gasteiger partial charge is 0.0707 e. The van der Waals surface area contributed by atoms with Gasteiger partial charge in [-0.1, -0.05) is 19.8 Å². The Hall–Kier alpha value is -0.120. The van der Waals surface area contributed by atoms with Crippen LogP contribution in [0.15, 0.2) is 0 Å². The summed E-state index contributed by atoms with van der Waals surface area (Å²) in [5.41, 5.74) is 0.561. The van der Waals surface area contributed by atoms with E-state index in [0.29, 0.717) is 17.6 Å². The van der Waals surface area contributed by atoms with E-state index >= 15 is 0 Å². The minimum atomic E-state index is 0.542. The zero-order valence-electron chi connectivity index (χ0n) is 12.5. The molecular weight excluding hydrogens is 236 g/mol. The first-order valence-corrected chi connectivity index (χ1v) is 8.38. The van der Waals surface area contributed by atoms with Crippen LogP contribution in [0.5, 0.6) is 0 Å². The summed E-state index contributed by atoms with van der Waals surface area (Å²) in [6.07, 6.45) is 10.6. The summed E-state index contributed by atoms with van der Waals surface area (Å²) in [6, 6.07) is 0. The normalized spacial score (nSPS) is 33.9. The van der Waals surface area contributed by atoms with Crippen LogP contribution in [-0.4, -0.2) is 49.8 Å². The molecule has 0 aromatic rings. The Kier molecular flexibility index (Phi) is 4.45. The van der Waals surface area contributed by atoms with Crippen LogP contribution >= 0.6 is 0 Å². The highest BCUT2D eigenvalue weighted by atomic mass is 16.5. The van der Waals surface area contributed by atoms with Crippen LogP contribution in [0, 0.1) is 5.41 Å². The van der Waals surface area contributed by atoms with Crippen LogP contribution in [0.2, 0.25) is 0 Å². The predicted octanol–water partition coefficient (Wildman–Crippen LogP) is 2.41. The first-order chi connectivity index (χ1) is 9.30. The average molecular weight is 266 g/mol. The van der Waals surface area contributed by atoms with Crippen LogP contribution in [0.25, 0.3) is 0 Å². The number of morpholine rings is 1. The molecule has 2 bridgehead atoms. The largest absolute Gasteiger partial charge is 0.372 e. The number of hydrogen-bond donors (Lipinski definition) is 1. The van der Waals surface area contributed by atoms with Crippen molar-refractivity contribution in [1.29, 1.82) is 0 Å². The van der Waals surface area contributed by atoms with Gasteiger partial charge in [-0.25, -0.2) is 0 Å². The Bertz CT molecular complexity index is 276. The van der Waals surface area contributed by atoms with Crippen molar-refractivity contribution in [2.24, 2.45) is 5.41 Å². The van der Waals surface area contributed by atoms with Gasteiger partial charge in [-0.05, 0) is 44.1 Å². The Balaban J connectivity index is 1.55. The van der Waals surface area contributed by atoms with Crippen molar-refractivity contribution in [2.45, 2.75) is 64.1 Å². The predicted molar refractivity (Wildman–Crippen MR) is 78.4 cm³/mol. The maximum absolute atomic E-state index is 5.97. The number of fused-ring (bicyclic) bond motifs is 2. The van der Waals surface area contributed by atoms with Gasteiger partial charge in [0.1, 0.15) is 0 Å². The van der Waals surface area contributed by atoms with Gasteiger partial charge in [-0.3, -0.25) is 4.90 Å². The highest BCUT2D eigenvalue weighted by molar-refractivity contribution is 4.93. The molecule has 1 aliphatic carbocycles. The van der Waals surface area contributed by atoms with Crippen molar-refractivity contribution in [3.05, 3.63) is 0 Å². The Morgan fingerprint density at radius 2 is 1.84 bits per heavy atom. The Morgan fingerprint density at radius 3 is 2.47 bits per heavy atom. The molecule has 2 saturated heterocycles. The minimum absolute atomic E-state index is 0.542. The minimum Gasteiger partial charge on any atom is -0.372 e. The van der Waals surface area contributed by atoms with Crippen LogP contribution in [0.3, 0.4) is 0 Å². The van der Waals surface area contributed by atoms with Gasteiger partial charge in [0.25, 0.3) is 0 Å². The molecule has 1 saturated carbocycles. The highest BCUT2D eigenvalue weighted by Gasteiger charge is 2.39. The standard InChI is InChI=1S/C16H30N2O/c1-2-9-17-12-16(7-3-4-8-16)13-18-10-14-5-6-15(11-18)19-14/h14-15,17H,2-13H2,1H3. The topological polar surface area (TPSA) is 24.5 Å². The van der Waals surface area contributed by atoms with Gasteiger partial charge in [0.05, 0.1) is 12.2 Å². The SMILES string of the molecule is CCCNCC1(CN2CC3CCC(C2)O3)CCCC1. The maximum Gasteiger partial charge on any atom is 0.0707 e. The van der Waals surface area contributed by atoms with Crippen molar-refractivity contribution in [2.75, 3.05) is 32.7 Å². The lowest BCUT2D eigenvalue weighted by molar-refractivity contribution is -0.0501. The van der Waals surface area contributed by atoms with E-state index in [1.165, 1.54) is 77.7 Å². The van der Waals surface area contributed by atoms with E-state index < -0.39 is 0 Å². The second kappa shape index (κ2) is 6.11. The lowest BCUT2D eigenvalue weighted by atomic mass is 9.85. The molecule has 3 heteroatoms. The molecule has 2 aliphatic heterocycles. The van der Waals surface area contributed by atoms with Gasteiger partial charge in [0.15, 0.2) is 0 Å². The van der Waals surface area contributed by atoms with Gasteiger partial charge < -0.3 is 10.1 Å². The number of rotatable bonds is 6. The van der Waals surface area contributed by atoms with Gasteiger partial charge in [-0.15, -0.1) is 0 Å². The lowest BCUT2D eigenvalue weighted by Gasteiger charge is -2.39. The zero-order valence-corrected chi connectivity index (χ0v) is 12.5. The number of nitrogens with one attached hydrogen (secondary N) is 1. The Morgan fingerprint density at radius 1 is 1.16 bits per heavy atom. The van der Waals surface area contributed by atoms with Gasteiger partial charge >= 0.3 is 0 Å². The average Bonchev–Trinajstić information content (AvgIpc) is 2.98. The van der Waals surface area contributed by atoms with E-state index in [2.05, 4.69) is 17.1 Å². The molecule has 0 aromatic carbocycles. The third-order valence-corrected chi connectivity index (χ3v) is 5.27. The van der Waals surface area contributed by atoms with Crippen molar-refractivity contribution < 1.29 is 4.74 Å². The summed E-state index contributed by atoms with van der Waals surface area (Å²) < 4.78 is 5.97. The summed E-state index contributed by atoms with van der Waals surface area (Å²) in [7, 11) is 0. The molecule has 19 heavy (non-hydrogen) atoms. The van der Waals surface area contributed by atoms with E-state index in [4.69, 9.17) is 4.74 Å². The molecule has 0 aromatic heterocycles. The number of ether oxygens (including phenoxy) is 1. The molecular formula is C16H30N2O. The number of hydrogen-bond acceptors (Lipinski definition) is 3. The van der Waals surface area contributed by atoms with E-state index in [-0.39, 0.29) is 0 Å². The highest BCUT2D eigenvalue weighted by Crippen LogP contribution is 2.39. The van der Waals surface area contributed by atoms with Gasteiger partial charge in [0.2, 0.25) is 0 Å². The fourth-order valence-corrected chi connectivity index (χ4v) is 4.35. The molecule has 0 radical (unpaired) electrons. The first kappa shape index (κ1) is 13.8. The summed E-state index contributed by atoms with van der Waals surface area (Å²) in [5.74, 6) is 0. The van der Waals surface area contributed by atoms with Crippen molar-refractivity contribution in [3.63, 3.8) is 0 Å². The zero-order chi connectivity index (χ0) is 13.1. The molecule has 2 atom stereocenters. The molecule has 0 amide bonds. The molecule has 110 valence electrons. The fourth-order valence-electron chi connectivity index (χ4n) is 4.35. The second-order valence-electron chi connectivity index (χ2n) is 7.04. The van der Waals surface area contributed by atoms with Gasteiger partial charge in [0, 0.05) is 26.2 Å². The van der Waals surface area contributed by atoms with Crippen LogP contribution in [0.4, 0.5) is 0 Å². The summed E-state index contributed by atoms with van der Waals surface area (Å²) in [4.78, 5) is 2.71. The van der Waals surface area contributed by atoms with E-state index in [9.17, 15) is 0 Å². The third kappa shape index (κ3) is 3.32. The molecule has 3 fully saturated rings. The molecule has 3 aliphatic rings. The molecule has 3 rings (SSSR count). The van der Waals surface area contributed by atoms with Crippen LogP contribution in [0.1, 0.15) is 51.9 Å². The summed E-state index contributed by atoms with van der Waals surface area (Å²) >= 11 is 0. The second-order valence-corrected chi connectivity index (χ2v) is 7.04. The first-order valence-electron chi connectivity index (χ1n) is 8.38. The van der Waals surface area contributed by atoms with Crippen LogP contribution < -0.4 is 5.32 Å². The molecule has 2 unspecified atom stereocenters. The van der Waals surface area contributed by atoms with E-state index in [0.717, 1.165) is 0 Å². The molecule has 1 N–H and O–H groups in total.